The number of methoxy groups -OCH3 is 1. The molecule has 0 unspecified atom stereocenters. The van der Waals surface area contributed by atoms with Crippen molar-refractivity contribution in [3.05, 3.63) is 11.8 Å². The zero-order chi connectivity index (χ0) is 14.2. The number of hydrogen-bond acceptors (Lipinski definition) is 3. The Morgan fingerprint density at radius 2 is 1.72 bits per heavy atom. The van der Waals surface area contributed by atoms with E-state index in [1.54, 1.807) is 7.11 Å². The van der Waals surface area contributed by atoms with Crippen LogP contribution in [0, 0.1) is 0 Å². The summed E-state index contributed by atoms with van der Waals surface area (Å²) >= 11 is 0. The Balaban J connectivity index is 3.87. The molecule has 0 aliphatic carbocycles. The molecule has 3 heteroatoms. The van der Waals surface area contributed by atoms with Crippen LogP contribution in [-0.2, 0) is 9.47 Å². The first-order chi connectivity index (χ1) is 8.22. The molecule has 0 saturated carbocycles. The highest BCUT2D eigenvalue weighted by Crippen LogP contribution is 2.18. The molecular weight excluding hydrogens is 226 g/mol. The van der Waals surface area contributed by atoms with E-state index in [4.69, 9.17) is 9.47 Å². The summed E-state index contributed by atoms with van der Waals surface area (Å²) in [7, 11) is 1.74. The third-order valence-corrected chi connectivity index (χ3v) is 3.31. The molecule has 18 heavy (non-hydrogen) atoms. The predicted octanol–water partition coefficient (Wildman–Crippen LogP) is 3.50. The fourth-order valence-corrected chi connectivity index (χ4v) is 1.41. The van der Waals surface area contributed by atoms with Gasteiger partial charge >= 0.3 is 0 Å². The molecule has 0 bridgehead atoms. The molecule has 0 saturated heterocycles. The molecule has 0 radical (unpaired) electrons. The third-order valence-electron chi connectivity index (χ3n) is 3.31. The highest BCUT2D eigenvalue weighted by atomic mass is 16.5. The largest absolute Gasteiger partial charge is 0.389 e. The van der Waals surface area contributed by atoms with Crippen molar-refractivity contribution < 1.29 is 9.47 Å². The monoisotopic (exact) mass is 257 g/mol. The summed E-state index contributed by atoms with van der Waals surface area (Å²) in [5.41, 5.74) is 1.02. The number of hydrogen-bond donors (Lipinski definition) is 1. The van der Waals surface area contributed by atoms with Crippen LogP contribution < -0.4 is 5.32 Å². The van der Waals surface area contributed by atoms with Gasteiger partial charge in [0.1, 0.15) is 0 Å². The Morgan fingerprint density at radius 1 is 1.11 bits per heavy atom. The Kier molecular flexibility index (Phi) is 7.56. The van der Waals surface area contributed by atoms with Gasteiger partial charge in [-0.1, -0.05) is 6.08 Å². The predicted molar refractivity (Wildman–Crippen MR) is 77.8 cm³/mol. The topological polar surface area (TPSA) is 30.5 Å². The van der Waals surface area contributed by atoms with Gasteiger partial charge in [0.2, 0.25) is 0 Å². The minimum absolute atomic E-state index is 0.0924. The summed E-state index contributed by atoms with van der Waals surface area (Å²) in [5.74, 6) is 0. The van der Waals surface area contributed by atoms with E-state index in [2.05, 4.69) is 46.0 Å². The lowest BCUT2D eigenvalue weighted by atomic mass is 10.0. The minimum Gasteiger partial charge on any atom is -0.389 e. The van der Waals surface area contributed by atoms with Crippen LogP contribution in [0.15, 0.2) is 11.8 Å². The molecule has 1 N–H and O–H groups in total. The van der Waals surface area contributed by atoms with Crippen LogP contribution in [0.3, 0.4) is 0 Å². The van der Waals surface area contributed by atoms with Gasteiger partial charge in [-0.2, -0.15) is 0 Å². The lowest BCUT2D eigenvalue weighted by Crippen LogP contribution is -2.32. The second-order valence-corrected chi connectivity index (χ2v) is 5.97. The number of allylic oxidation sites excluding steroid dienone is 2. The second kappa shape index (κ2) is 7.80. The van der Waals surface area contributed by atoms with E-state index in [0.29, 0.717) is 0 Å². The molecule has 0 aromatic carbocycles. The second-order valence-electron chi connectivity index (χ2n) is 5.97. The van der Waals surface area contributed by atoms with E-state index in [-0.39, 0.29) is 11.2 Å². The summed E-state index contributed by atoms with van der Waals surface area (Å²) in [5, 5.41) is 3.36. The highest BCUT2D eigenvalue weighted by Gasteiger charge is 2.21. The first-order valence-electron chi connectivity index (χ1n) is 6.78. The van der Waals surface area contributed by atoms with Crippen molar-refractivity contribution >= 4 is 0 Å². The zero-order valence-corrected chi connectivity index (χ0v) is 13.2. The average molecular weight is 257 g/mol. The van der Waals surface area contributed by atoms with Gasteiger partial charge in [-0.05, 0) is 54.4 Å². The molecular formula is C15H31NO2. The van der Waals surface area contributed by atoms with Gasteiger partial charge in [-0.15, -0.1) is 0 Å². The lowest BCUT2D eigenvalue weighted by molar-refractivity contribution is -0.0605. The van der Waals surface area contributed by atoms with Crippen molar-refractivity contribution in [2.75, 3.05) is 20.3 Å². The fraction of sp³-hybridized carbons (Fsp3) is 0.867. The van der Waals surface area contributed by atoms with E-state index < -0.39 is 0 Å². The summed E-state index contributed by atoms with van der Waals surface area (Å²) in [6.07, 6.45) is 3.98. The molecule has 0 aromatic heterocycles. The molecule has 0 aromatic rings. The lowest BCUT2D eigenvalue weighted by Gasteiger charge is -2.29. The Hall–Kier alpha value is -0.540. The fourth-order valence-electron chi connectivity index (χ4n) is 1.41. The maximum Gasteiger partial charge on any atom is 0.0644 e. The zero-order valence-electron chi connectivity index (χ0n) is 13.2. The van der Waals surface area contributed by atoms with Gasteiger partial charge in [-0.25, -0.2) is 0 Å². The van der Waals surface area contributed by atoms with Crippen molar-refractivity contribution in [2.45, 2.75) is 65.6 Å². The first-order valence-corrected chi connectivity index (χ1v) is 6.78. The normalized spacial score (nSPS) is 13.8. The molecule has 0 fully saturated rings. The van der Waals surface area contributed by atoms with E-state index in [1.165, 1.54) is 5.70 Å². The van der Waals surface area contributed by atoms with Crippen LogP contribution in [0.1, 0.15) is 54.4 Å². The molecule has 0 amide bonds. The standard InChI is InChI=1S/C15H31NO2/c1-8-13(2)16-11-9-15(5,6)18-12-10-14(3,4)17-7/h8,16H,9-12H2,1-7H3/b13-8+. The van der Waals surface area contributed by atoms with Crippen LogP contribution in [-0.4, -0.2) is 31.5 Å². The van der Waals surface area contributed by atoms with Gasteiger partial charge in [0.15, 0.2) is 0 Å². The van der Waals surface area contributed by atoms with Crippen molar-refractivity contribution in [3.8, 4) is 0 Å². The summed E-state index contributed by atoms with van der Waals surface area (Å²) in [6, 6.07) is 0. The van der Waals surface area contributed by atoms with Crippen molar-refractivity contribution in [1.82, 2.24) is 5.32 Å². The molecule has 0 aliphatic rings. The van der Waals surface area contributed by atoms with Crippen LogP contribution in [0.2, 0.25) is 0 Å². The number of rotatable bonds is 9. The van der Waals surface area contributed by atoms with E-state index in [1.807, 2.05) is 6.92 Å². The maximum atomic E-state index is 5.94. The van der Waals surface area contributed by atoms with Gasteiger partial charge in [0.25, 0.3) is 0 Å². The molecule has 0 spiro atoms. The van der Waals surface area contributed by atoms with Crippen LogP contribution in [0.5, 0.6) is 0 Å². The molecule has 108 valence electrons. The Morgan fingerprint density at radius 3 is 2.22 bits per heavy atom. The SMILES string of the molecule is C/C=C(\C)NCCC(C)(C)OCCC(C)(C)OC. The molecule has 0 aliphatic heterocycles. The van der Waals surface area contributed by atoms with Gasteiger partial charge in [-0.3, -0.25) is 0 Å². The number of nitrogens with one attached hydrogen (secondary N) is 1. The highest BCUT2D eigenvalue weighted by molar-refractivity contribution is 4.92. The summed E-state index contributed by atoms with van der Waals surface area (Å²) < 4.78 is 11.3. The first kappa shape index (κ1) is 17.5. The van der Waals surface area contributed by atoms with Gasteiger partial charge < -0.3 is 14.8 Å². The summed E-state index contributed by atoms with van der Waals surface area (Å²) in [4.78, 5) is 0. The molecule has 3 nitrogen and oxygen atoms in total. The van der Waals surface area contributed by atoms with E-state index in [9.17, 15) is 0 Å². The Labute approximate surface area is 113 Å². The van der Waals surface area contributed by atoms with Crippen LogP contribution in [0.25, 0.3) is 0 Å². The van der Waals surface area contributed by atoms with Crippen molar-refractivity contribution in [2.24, 2.45) is 0 Å². The third kappa shape index (κ3) is 8.54. The number of ether oxygens (including phenoxy) is 2. The van der Waals surface area contributed by atoms with Gasteiger partial charge in [0, 0.05) is 19.4 Å². The molecule has 0 heterocycles. The van der Waals surface area contributed by atoms with E-state index >= 15 is 0 Å². The minimum atomic E-state index is -0.101. The van der Waals surface area contributed by atoms with Gasteiger partial charge in [0.05, 0.1) is 17.8 Å². The average Bonchev–Trinajstić information content (AvgIpc) is 2.28. The van der Waals surface area contributed by atoms with Crippen molar-refractivity contribution in [1.29, 1.82) is 0 Å². The maximum absolute atomic E-state index is 5.94. The molecule has 0 rings (SSSR count). The smallest absolute Gasteiger partial charge is 0.0644 e. The Bertz CT molecular complexity index is 257. The van der Waals surface area contributed by atoms with E-state index in [0.717, 1.165) is 26.0 Å². The quantitative estimate of drug-likeness (QED) is 0.686. The summed E-state index contributed by atoms with van der Waals surface area (Å²) in [6.45, 7) is 14.2. The molecule has 0 atom stereocenters. The van der Waals surface area contributed by atoms with Crippen LogP contribution >= 0.6 is 0 Å². The van der Waals surface area contributed by atoms with Crippen LogP contribution in [0.4, 0.5) is 0 Å². The van der Waals surface area contributed by atoms with Crippen molar-refractivity contribution in [3.63, 3.8) is 0 Å².